The number of aliphatic hydroxyl groups is 1. The topological polar surface area (TPSA) is 94.8 Å². The zero-order valence-corrected chi connectivity index (χ0v) is 24.0. The van der Waals surface area contributed by atoms with E-state index in [4.69, 9.17) is 0 Å². The molecule has 0 heterocycles. The van der Waals surface area contributed by atoms with Crippen molar-refractivity contribution in [3.8, 4) is 0 Å². The van der Waals surface area contributed by atoms with Gasteiger partial charge in [-0.2, -0.15) is 0 Å². The van der Waals surface area contributed by atoms with Crippen molar-refractivity contribution >= 4 is 11.9 Å². The van der Waals surface area contributed by atoms with Crippen molar-refractivity contribution in [3.05, 3.63) is 11.6 Å². The molecule has 0 bridgehead atoms. The lowest BCUT2D eigenvalue weighted by Gasteiger charge is -2.72. The van der Waals surface area contributed by atoms with E-state index in [1.807, 2.05) is 0 Å². The van der Waals surface area contributed by atoms with E-state index in [0.717, 1.165) is 64.2 Å². The van der Waals surface area contributed by atoms with Crippen LogP contribution in [0.25, 0.3) is 0 Å². The van der Waals surface area contributed by atoms with Gasteiger partial charge in [-0.3, -0.25) is 9.59 Å². The molecule has 0 spiro atoms. The van der Waals surface area contributed by atoms with Crippen LogP contribution in [0, 0.1) is 50.2 Å². The molecule has 5 aliphatic carbocycles. The smallest absolute Gasteiger partial charge is 0.304 e. The molecule has 208 valence electrons. The summed E-state index contributed by atoms with van der Waals surface area (Å²) in [5.41, 5.74) is 0.540. The maximum absolute atomic E-state index is 12.6. The van der Waals surface area contributed by atoms with Gasteiger partial charge in [0, 0.05) is 5.41 Å². The molecule has 0 amide bonds. The van der Waals surface area contributed by atoms with Gasteiger partial charge in [-0.25, -0.2) is 0 Å². The zero-order valence-electron chi connectivity index (χ0n) is 24.0. The second-order valence-corrected chi connectivity index (χ2v) is 15.8. The van der Waals surface area contributed by atoms with E-state index in [-0.39, 0.29) is 51.9 Å². The molecule has 0 aliphatic heterocycles. The van der Waals surface area contributed by atoms with Crippen LogP contribution in [-0.4, -0.2) is 33.4 Å². The minimum absolute atomic E-state index is 0.0602. The molecule has 37 heavy (non-hydrogen) atoms. The van der Waals surface area contributed by atoms with E-state index in [1.165, 1.54) is 5.57 Å². The normalized spacial score (nSPS) is 47.9. The number of hydrogen-bond acceptors (Lipinski definition) is 3. The first-order valence-electron chi connectivity index (χ1n) is 14.9. The maximum Gasteiger partial charge on any atom is 0.304 e. The van der Waals surface area contributed by atoms with Gasteiger partial charge in [0.25, 0.3) is 0 Å². The molecule has 5 aliphatic rings. The third-order valence-corrected chi connectivity index (χ3v) is 13.4. The molecule has 5 rings (SSSR count). The summed E-state index contributed by atoms with van der Waals surface area (Å²) in [6, 6.07) is 0. The first kappa shape index (κ1) is 27.2. The van der Waals surface area contributed by atoms with Gasteiger partial charge >= 0.3 is 11.9 Å². The lowest BCUT2D eigenvalue weighted by atomic mass is 9.32. The van der Waals surface area contributed by atoms with Crippen LogP contribution in [0.4, 0.5) is 0 Å². The van der Waals surface area contributed by atoms with Crippen LogP contribution >= 0.6 is 0 Å². The van der Waals surface area contributed by atoms with Gasteiger partial charge in [-0.15, -0.1) is 0 Å². The minimum Gasteiger partial charge on any atom is -0.481 e. The molecular formula is C32H50O5. The molecule has 0 unspecified atom stereocenters. The standard InChI is InChI=1S/C32H50O5/c1-27(2)13-14-31(18-25(34)35)15-16-32(19-26(36)37)20(21(31)17-27)7-8-23-29(5)11-10-24(33)28(3,4)22(29)9-12-30(23,32)6/h7,21-24,33H,8-19H2,1-6H3,(H,34,35)(H,36,37)/t21-,22-,23+,24-,29-,30+,31+,32-/m0/s1. The average molecular weight is 515 g/mol. The van der Waals surface area contributed by atoms with Crippen LogP contribution in [0.1, 0.15) is 119 Å². The number of fused-ring (bicyclic) bond motifs is 7. The van der Waals surface area contributed by atoms with E-state index in [0.29, 0.717) is 11.8 Å². The summed E-state index contributed by atoms with van der Waals surface area (Å²) < 4.78 is 0. The summed E-state index contributed by atoms with van der Waals surface area (Å²) in [5, 5.41) is 31.3. The predicted octanol–water partition coefficient (Wildman–Crippen LogP) is 7.08. The van der Waals surface area contributed by atoms with Crippen LogP contribution in [0.2, 0.25) is 0 Å². The molecule has 5 nitrogen and oxygen atoms in total. The molecule has 4 fully saturated rings. The van der Waals surface area contributed by atoms with Crippen molar-refractivity contribution in [3.63, 3.8) is 0 Å². The summed E-state index contributed by atoms with van der Waals surface area (Å²) in [5.74, 6) is -0.500. The van der Waals surface area contributed by atoms with Crippen LogP contribution in [0.3, 0.4) is 0 Å². The van der Waals surface area contributed by atoms with E-state index in [1.54, 1.807) is 0 Å². The Morgan fingerprint density at radius 2 is 1.49 bits per heavy atom. The maximum atomic E-state index is 12.6. The lowest BCUT2D eigenvalue weighted by Crippen LogP contribution is -2.65. The Labute approximate surface area is 223 Å². The van der Waals surface area contributed by atoms with Crippen molar-refractivity contribution < 1.29 is 24.9 Å². The Kier molecular flexibility index (Phi) is 6.12. The summed E-state index contributed by atoms with van der Waals surface area (Å²) in [6.07, 6.45) is 11.8. The number of rotatable bonds is 4. The van der Waals surface area contributed by atoms with Crippen molar-refractivity contribution in [2.75, 3.05) is 0 Å². The van der Waals surface area contributed by atoms with Gasteiger partial charge in [-0.1, -0.05) is 53.2 Å². The summed E-state index contributed by atoms with van der Waals surface area (Å²) in [4.78, 5) is 24.8. The lowest BCUT2D eigenvalue weighted by molar-refractivity contribution is -0.210. The molecule has 0 aromatic heterocycles. The van der Waals surface area contributed by atoms with Crippen molar-refractivity contribution in [2.45, 2.75) is 125 Å². The van der Waals surface area contributed by atoms with E-state index in [2.05, 4.69) is 47.6 Å². The Balaban J connectivity index is 1.65. The van der Waals surface area contributed by atoms with E-state index >= 15 is 0 Å². The quantitative estimate of drug-likeness (QED) is 0.349. The molecule has 5 heteroatoms. The van der Waals surface area contributed by atoms with Gasteiger partial charge in [-0.05, 0) is 109 Å². The Bertz CT molecular complexity index is 1010. The largest absolute Gasteiger partial charge is 0.481 e. The molecule has 0 aromatic carbocycles. The monoisotopic (exact) mass is 514 g/mol. The molecule has 4 saturated carbocycles. The van der Waals surface area contributed by atoms with Crippen LogP contribution < -0.4 is 0 Å². The highest BCUT2D eigenvalue weighted by Gasteiger charge is 2.70. The number of aliphatic carboxylic acids is 2. The molecule has 8 atom stereocenters. The Hall–Kier alpha value is -1.36. The van der Waals surface area contributed by atoms with Gasteiger partial charge in [0.1, 0.15) is 0 Å². The minimum atomic E-state index is -0.722. The fourth-order valence-electron chi connectivity index (χ4n) is 11.4. The fourth-order valence-corrected chi connectivity index (χ4v) is 11.4. The number of carboxylic acids is 2. The van der Waals surface area contributed by atoms with Crippen LogP contribution in [0.5, 0.6) is 0 Å². The van der Waals surface area contributed by atoms with Gasteiger partial charge < -0.3 is 15.3 Å². The highest BCUT2D eigenvalue weighted by molar-refractivity contribution is 5.70. The first-order valence-corrected chi connectivity index (χ1v) is 14.9. The average Bonchev–Trinajstić information content (AvgIpc) is 2.77. The van der Waals surface area contributed by atoms with Crippen molar-refractivity contribution in [1.29, 1.82) is 0 Å². The zero-order chi connectivity index (χ0) is 27.2. The second kappa shape index (κ2) is 8.32. The highest BCUT2D eigenvalue weighted by Crippen LogP contribution is 2.76. The molecule has 3 N–H and O–H groups in total. The second-order valence-electron chi connectivity index (χ2n) is 15.8. The number of carbonyl (C=O) groups is 2. The van der Waals surface area contributed by atoms with Crippen LogP contribution in [-0.2, 0) is 9.59 Å². The highest BCUT2D eigenvalue weighted by atomic mass is 16.4. The summed E-state index contributed by atoms with van der Waals surface area (Å²) in [7, 11) is 0. The SMILES string of the molecule is CC1(C)CC[C@]2(CC(=O)O)CC[C@]3(CC(=O)O)C(=CC[C@@H]4[C@@]5(C)CC[C@H](O)C(C)(C)[C@@H]5CC[C@]43C)[C@@H]2C1. The number of hydrogen-bond donors (Lipinski definition) is 3. The van der Waals surface area contributed by atoms with Gasteiger partial charge in [0.2, 0.25) is 0 Å². The molecule has 0 aromatic rings. The first-order chi connectivity index (χ1) is 17.0. The Morgan fingerprint density at radius 3 is 2.14 bits per heavy atom. The van der Waals surface area contributed by atoms with Gasteiger partial charge in [0.05, 0.1) is 18.9 Å². The molecule has 0 saturated heterocycles. The Morgan fingerprint density at radius 1 is 0.838 bits per heavy atom. The fraction of sp³-hybridized carbons (Fsp3) is 0.875. The summed E-state index contributed by atoms with van der Waals surface area (Å²) >= 11 is 0. The third-order valence-electron chi connectivity index (χ3n) is 13.4. The molecule has 0 radical (unpaired) electrons. The molecular weight excluding hydrogens is 464 g/mol. The summed E-state index contributed by atoms with van der Waals surface area (Å²) in [6.45, 7) is 13.9. The van der Waals surface area contributed by atoms with E-state index < -0.39 is 17.4 Å². The van der Waals surface area contributed by atoms with E-state index in [9.17, 15) is 24.9 Å². The van der Waals surface area contributed by atoms with Gasteiger partial charge in [0.15, 0.2) is 0 Å². The number of carboxylic acid groups (broad SMARTS) is 2. The van der Waals surface area contributed by atoms with Crippen molar-refractivity contribution in [1.82, 2.24) is 0 Å². The van der Waals surface area contributed by atoms with Crippen LogP contribution in [0.15, 0.2) is 11.6 Å². The predicted molar refractivity (Wildman–Crippen MR) is 144 cm³/mol. The number of aliphatic hydroxyl groups excluding tert-OH is 1. The number of allylic oxidation sites excluding steroid dienone is 2. The van der Waals surface area contributed by atoms with Crippen molar-refractivity contribution in [2.24, 2.45) is 50.2 Å². The third kappa shape index (κ3) is 3.72.